The molecule has 1 aliphatic heterocycles. The maximum absolute atomic E-state index is 15.5. The number of phenols is 2. The first-order valence-electron chi connectivity index (χ1n) is 42.7. The Morgan fingerprint density at radius 3 is 1.47 bits per heavy atom. The number of thioether (sulfide) groups is 1. The number of aromatic hydroxyl groups is 2. The number of primary amides is 1. The number of nitrogens with one attached hydrogen (secondary N) is 9. The number of carbonyl (C=O) groups is 16. The van der Waals surface area contributed by atoms with E-state index in [4.69, 9.17) is 5.73 Å². The molecular formula is C93H118N16O19S. The summed E-state index contributed by atoms with van der Waals surface area (Å²) in [6.07, 6.45) is 2.24. The van der Waals surface area contributed by atoms with E-state index in [2.05, 4.69) is 52.8 Å². The number of hydrogen-bond acceptors (Lipinski definition) is 20. The second-order valence-corrected chi connectivity index (χ2v) is 34.2. The molecule has 5 aromatic carbocycles. The number of aromatic nitrogens is 1. The van der Waals surface area contributed by atoms with Crippen molar-refractivity contribution in [1.82, 2.24) is 77.3 Å². The zero-order valence-corrected chi connectivity index (χ0v) is 75.0. The molecule has 0 spiro atoms. The van der Waals surface area contributed by atoms with Gasteiger partial charge in [0.15, 0.2) is 0 Å². The van der Waals surface area contributed by atoms with E-state index < -0.39 is 199 Å². The number of fused-ring (bicyclic) bond motifs is 1. The van der Waals surface area contributed by atoms with Crippen LogP contribution >= 0.6 is 11.8 Å². The third kappa shape index (κ3) is 30.6. The molecule has 8 rings (SSSR count). The van der Waals surface area contributed by atoms with Crippen LogP contribution in [0.15, 0.2) is 164 Å². The molecule has 2 heterocycles. The van der Waals surface area contributed by atoms with Gasteiger partial charge >= 0.3 is 5.97 Å². The van der Waals surface area contributed by atoms with E-state index in [-0.39, 0.29) is 74.5 Å². The fourth-order valence-electron chi connectivity index (χ4n) is 15.1. The van der Waals surface area contributed by atoms with Crippen LogP contribution in [0, 0.1) is 11.8 Å². The van der Waals surface area contributed by atoms with Crippen LogP contribution in [0.2, 0.25) is 0 Å². The molecular weight excluding hydrogens is 1680 g/mol. The molecule has 35 nitrogen and oxygen atoms in total. The van der Waals surface area contributed by atoms with Gasteiger partial charge in [-0.3, -0.25) is 81.7 Å². The summed E-state index contributed by atoms with van der Waals surface area (Å²) in [5, 5.41) is 55.0. The molecule has 690 valence electrons. The fourth-order valence-corrected chi connectivity index (χ4v) is 15.9. The van der Waals surface area contributed by atoms with Crippen molar-refractivity contribution in [1.29, 1.82) is 0 Å². The number of carboxylic acids is 1. The Kier molecular flexibility index (Phi) is 38.3. The highest BCUT2D eigenvalue weighted by Gasteiger charge is 2.42. The third-order valence-corrected chi connectivity index (χ3v) is 23.2. The Bertz CT molecular complexity index is 4970. The van der Waals surface area contributed by atoms with Crippen molar-refractivity contribution in [3.05, 3.63) is 203 Å². The molecule has 36 heteroatoms. The first-order chi connectivity index (χ1) is 61.4. The van der Waals surface area contributed by atoms with E-state index in [1.807, 2.05) is 13.0 Å². The minimum absolute atomic E-state index is 0.0300. The molecule has 14 N–H and O–H groups in total. The SMILES string of the molecule is CCCC[C@H]1C(=O)N(C)CC(=O)N[C@@H](CC(=O)O)C(=O)N[C@@H](C(C)C)C(=O)N(C)[C@@H](Cc2ccccc2)C(=O)N[C@@H](Cc2ccc(O)cc2)C(=O)N(C)CC(=O)NC(CC2=CCc3ncccc32)C(=O)N[C@@H](Cc2ccc(O)cc2)C(=O)N[C@@H](CC(C)C)C(=O)N[C@H](C(=O)NCC(N)=O)CSCC(=O)N[C@@H](Cc2ccccc2)C(=O)N(C)[C@@H](Cc2ccccc2)C(=O)N1C. The summed E-state index contributed by atoms with van der Waals surface area (Å²) in [6.45, 7) is 6.18. The lowest BCUT2D eigenvalue weighted by atomic mass is 9.98. The molecule has 0 radical (unpaired) electrons. The number of carbonyl (C=O) groups excluding carboxylic acids is 15. The molecule has 2 aliphatic rings. The molecule has 11 atom stereocenters. The summed E-state index contributed by atoms with van der Waals surface area (Å²) < 4.78 is 0. The van der Waals surface area contributed by atoms with Gasteiger partial charge in [0.05, 0.1) is 37.5 Å². The van der Waals surface area contributed by atoms with Gasteiger partial charge in [-0.15, -0.1) is 11.8 Å². The van der Waals surface area contributed by atoms with Crippen LogP contribution in [0.25, 0.3) is 5.57 Å². The highest BCUT2D eigenvalue weighted by molar-refractivity contribution is 8.00. The molecule has 0 bridgehead atoms. The van der Waals surface area contributed by atoms with E-state index in [1.165, 1.54) is 93.6 Å². The monoisotopic (exact) mass is 1790 g/mol. The lowest BCUT2D eigenvalue weighted by Crippen LogP contribution is -2.61. The van der Waals surface area contributed by atoms with Gasteiger partial charge in [0, 0.05) is 92.1 Å². The Labute approximate surface area is 754 Å². The Hall–Kier alpha value is -13.5. The highest BCUT2D eigenvalue weighted by Crippen LogP contribution is 2.30. The van der Waals surface area contributed by atoms with Crippen LogP contribution in [-0.4, -0.2) is 272 Å². The summed E-state index contributed by atoms with van der Waals surface area (Å²) in [5.74, 6) is -17.4. The van der Waals surface area contributed by atoms with Gasteiger partial charge in [-0.2, -0.15) is 0 Å². The quantitative estimate of drug-likeness (QED) is 0.0436. The van der Waals surface area contributed by atoms with Crippen LogP contribution in [0.4, 0.5) is 0 Å². The van der Waals surface area contributed by atoms with Crippen molar-refractivity contribution < 1.29 is 92.0 Å². The van der Waals surface area contributed by atoms with E-state index in [9.17, 15) is 58.5 Å². The average molecular weight is 1800 g/mol. The van der Waals surface area contributed by atoms with Crippen molar-refractivity contribution in [2.75, 3.05) is 66.4 Å². The first-order valence-corrected chi connectivity index (χ1v) is 43.9. The summed E-state index contributed by atoms with van der Waals surface area (Å²) in [4.78, 5) is 245. The number of nitrogens with zero attached hydrogens (tertiary/aromatic N) is 6. The topological polar surface area (TPSA) is 497 Å². The van der Waals surface area contributed by atoms with Gasteiger partial charge < -0.3 is 93.4 Å². The molecule has 15 amide bonds. The average Bonchev–Trinajstić information content (AvgIpc) is 1.50. The van der Waals surface area contributed by atoms with E-state index >= 15 is 33.6 Å². The van der Waals surface area contributed by atoms with Gasteiger partial charge in [0.2, 0.25) is 88.6 Å². The van der Waals surface area contributed by atoms with Crippen LogP contribution in [-0.2, 0) is 115 Å². The molecule has 6 aromatic rings. The Balaban J connectivity index is 1.21. The minimum atomic E-state index is -1.91. The lowest BCUT2D eigenvalue weighted by Gasteiger charge is -2.37. The number of pyridine rings is 1. The molecule has 1 fully saturated rings. The number of hydrogen-bond donors (Lipinski definition) is 13. The number of rotatable bonds is 23. The molecule has 0 saturated carbocycles. The summed E-state index contributed by atoms with van der Waals surface area (Å²) in [7, 11) is 6.54. The van der Waals surface area contributed by atoms with Crippen LogP contribution < -0.4 is 53.6 Å². The van der Waals surface area contributed by atoms with Gasteiger partial charge in [-0.25, -0.2) is 0 Å². The van der Waals surface area contributed by atoms with Gasteiger partial charge in [0.25, 0.3) is 0 Å². The number of phenolic OH excluding ortho intramolecular Hbond substituents is 2. The van der Waals surface area contributed by atoms with Gasteiger partial charge in [-0.1, -0.05) is 175 Å². The Morgan fingerprint density at radius 2 is 0.938 bits per heavy atom. The zero-order chi connectivity index (χ0) is 94.3. The van der Waals surface area contributed by atoms with Crippen LogP contribution in [0.3, 0.4) is 0 Å². The number of unbranched alkanes of at least 4 members (excludes halogenated alkanes) is 1. The van der Waals surface area contributed by atoms with Crippen LogP contribution in [0.1, 0.15) is 112 Å². The number of allylic oxidation sites excluding steroid dienone is 1. The van der Waals surface area contributed by atoms with Crippen molar-refractivity contribution in [2.24, 2.45) is 17.6 Å². The molecule has 1 unspecified atom stereocenters. The summed E-state index contributed by atoms with van der Waals surface area (Å²) >= 11 is 0.829. The number of nitrogens with two attached hydrogens (primary N) is 1. The van der Waals surface area contributed by atoms with E-state index in [0.717, 1.165) is 26.5 Å². The lowest BCUT2D eigenvalue weighted by molar-refractivity contribution is -0.151. The fraction of sp³-hybridized carbons (Fsp3) is 0.430. The maximum atomic E-state index is 15.5. The molecule has 1 saturated heterocycles. The second-order valence-electron chi connectivity index (χ2n) is 33.1. The second kappa shape index (κ2) is 49.0. The number of amides is 15. The Morgan fingerprint density at radius 1 is 0.481 bits per heavy atom. The summed E-state index contributed by atoms with van der Waals surface area (Å²) in [6, 6.07) is 23.7. The first kappa shape index (κ1) is 101. The number of likely N-dealkylation sites (N-methyl/N-ethyl adjacent to an activating group) is 5. The third-order valence-electron chi connectivity index (χ3n) is 22.2. The van der Waals surface area contributed by atoms with E-state index in [0.29, 0.717) is 63.9 Å². The normalized spacial score (nSPS) is 22.2. The smallest absolute Gasteiger partial charge is 0.305 e. The number of benzene rings is 5. The van der Waals surface area contributed by atoms with E-state index in [1.54, 1.807) is 137 Å². The van der Waals surface area contributed by atoms with Crippen LogP contribution in [0.5, 0.6) is 11.5 Å². The predicted molar refractivity (Wildman–Crippen MR) is 481 cm³/mol. The standard InChI is InChI=1S/C93H118N16O19S/c1-11-12-30-74-91(126)106(7)52-79(114)98-70(49-81(116)117)87(122)104-82(56(4)5)93(128)108(9)75(46-58-25-18-14-19-26-58)88(123)102-71(45-61-33-38-64(111)39-34-61)89(124)105(6)51-78(113)97-69(48-62-35-40-66-65(62)29-22-41-95-66)86(121)101-68(43-60-31-36-63(110)37-32-60)85(120)100-67(42-55(2)3)84(119)103-73(83(118)96-50-77(94)112)53-129-54-80(115)99-72(44-57-23-16-13-17-24-57)90(125)109(10)76(92(127)107(74)8)47-59-27-20-15-21-28-59/h13-29,31-39,41,55-56,67-76,82,110-111H,11-12,30,40,42-54H2,1-10H3,(H2,94,112)(H,96,118)(H,97,113)(H,98,114)(H,99,115)(H,100,120)(H,101,121)(H,102,123)(H,103,119)(H,104,122)(H,116,117)/t67-,68-,69?,70-,71-,72-,73-,74-,75-,76-,82-/m0/s1. The summed E-state index contributed by atoms with van der Waals surface area (Å²) in [5.41, 5.74) is 9.81. The van der Waals surface area contributed by atoms with Crippen molar-refractivity contribution >= 4 is 112 Å². The maximum Gasteiger partial charge on any atom is 0.305 e. The highest BCUT2D eigenvalue weighted by atomic mass is 32.2. The minimum Gasteiger partial charge on any atom is -0.508 e. The van der Waals surface area contributed by atoms with Crippen molar-refractivity contribution in [2.45, 2.75) is 178 Å². The number of aliphatic carboxylic acids is 1. The molecule has 1 aromatic heterocycles. The predicted octanol–water partition coefficient (Wildman–Crippen LogP) is 2.03. The number of carboxylic acid groups (broad SMARTS) is 1. The van der Waals surface area contributed by atoms with Gasteiger partial charge in [0.1, 0.15) is 78.0 Å². The van der Waals surface area contributed by atoms with Crippen molar-refractivity contribution in [3.8, 4) is 11.5 Å². The largest absolute Gasteiger partial charge is 0.508 e. The zero-order valence-electron chi connectivity index (χ0n) is 74.2. The molecule has 1 aliphatic carbocycles. The van der Waals surface area contributed by atoms with Gasteiger partial charge in [-0.05, 0) is 94.0 Å². The molecule has 129 heavy (non-hydrogen) atoms. The van der Waals surface area contributed by atoms with Crippen molar-refractivity contribution in [3.63, 3.8) is 0 Å².